The Morgan fingerprint density at radius 3 is 2.22 bits per heavy atom. The van der Waals surface area contributed by atoms with E-state index in [0.29, 0.717) is 0 Å². The second-order valence-corrected chi connectivity index (χ2v) is 5.78. The average Bonchev–Trinajstić information content (AvgIpc) is 2.38. The standard InChI is InChI=1S/C14H25NO3/c1-5-14(2,3)13(17)15-11-8-6-10(7-9-11)12(16)18-4/h10-11H,5-9H2,1-4H3,(H,15,17). The van der Waals surface area contributed by atoms with Gasteiger partial charge in [-0.25, -0.2) is 0 Å². The summed E-state index contributed by atoms with van der Waals surface area (Å²) in [6.45, 7) is 5.94. The molecule has 4 heteroatoms. The van der Waals surface area contributed by atoms with Gasteiger partial charge in [0.2, 0.25) is 5.91 Å². The fourth-order valence-corrected chi connectivity index (χ4v) is 2.18. The van der Waals surface area contributed by atoms with Crippen molar-refractivity contribution in [2.75, 3.05) is 7.11 Å². The first-order chi connectivity index (χ1) is 8.40. The van der Waals surface area contributed by atoms with Gasteiger partial charge in [0, 0.05) is 11.5 Å². The Morgan fingerprint density at radius 2 is 1.78 bits per heavy atom. The van der Waals surface area contributed by atoms with Crippen LogP contribution in [0.3, 0.4) is 0 Å². The first kappa shape index (κ1) is 15.0. The van der Waals surface area contributed by atoms with Crippen LogP contribution in [-0.2, 0) is 14.3 Å². The van der Waals surface area contributed by atoms with Crippen LogP contribution in [0.25, 0.3) is 0 Å². The third-order valence-corrected chi connectivity index (χ3v) is 4.10. The lowest BCUT2D eigenvalue weighted by Crippen LogP contribution is -2.44. The van der Waals surface area contributed by atoms with Crippen LogP contribution in [-0.4, -0.2) is 25.0 Å². The maximum atomic E-state index is 12.0. The summed E-state index contributed by atoms with van der Waals surface area (Å²) >= 11 is 0. The Morgan fingerprint density at radius 1 is 1.22 bits per heavy atom. The van der Waals surface area contributed by atoms with E-state index in [4.69, 9.17) is 4.74 Å². The van der Waals surface area contributed by atoms with E-state index in [1.165, 1.54) is 7.11 Å². The number of rotatable bonds is 4. The number of esters is 1. The van der Waals surface area contributed by atoms with E-state index in [-0.39, 0.29) is 29.3 Å². The molecule has 0 radical (unpaired) electrons. The molecule has 0 aromatic carbocycles. The summed E-state index contributed by atoms with van der Waals surface area (Å²) in [6.07, 6.45) is 4.18. The van der Waals surface area contributed by atoms with Crippen LogP contribution < -0.4 is 5.32 Å². The topological polar surface area (TPSA) is 55.4 Å². The minimum atomic E-state index is -0.306. The molecule has 104 valence electrons. The zero-order valence-electron chi connectivity index (χ0n) is 11.9. The largest absolute Gasteiger partial charge is 0.469 e. The number of carbonyl (C=O) groups is 2. The van der Waals surface area contributed by atoms with Crippen LogP contribution >= 0.6 is 0 Å². The van der Waals surface area contributed by atoms with Gasteiger partial charge in [-0.1, -0.05) is 20.8 Å². The molecule has 1 N–H and O–H groups in total. The fraction of sp³-hybridized carbons (Fsp3) is 0.857. The highest BCUT2D eigenvalue weighted by atomic mass is 16.5. The molecule has 1 amide bonds. The van der Waals surface area contributed by atoms with E-state index in [9.17, 15) is 9.59 Å². The van der Waals surface area contributed by atoms with Crippen LogP contribution in [0.5, 0.6) is 0 Å². The molecule has 0 aromatic heterocycles. The molecule has 1 aliphatic carbocycles. The number of carbonyl (C=O) groups excluding carboxylic acids is 2. The van der Waals surface area contributed by atoms with E-state index >= 15 is 0 Å². The van der Waals surface area contributed by atoms with Crippen molar-refractivity contribution in [1.82, 2.24) is 5.32 Å². The van der Waals surface area contributed by atoms with Crippen molar-refractivity contribution < 1.29 is 14.3 Å². The van der Waals surface area contributed by atoms with Gasteiger partial charge in [0.05, 0.1) is 13.0 Å². The molecule has 1 saturated carbocycles. The molecule has 0 spiro atoms. The van der Waals surface area contributed by atoms with Gasteiger partial charge in [-0.3, -0.25) is 9.59 Å². The van der Waals surface area contributed by atoms with Gasteiger partial charge in [0.1, 0.15) is 0 Å². The van der Waals surface area contributed by atoms with E-state index in [0.717, 1.165) is 32.1 Å². The lowest BCUT2D eigenvalue weighted by atomic mass is 9.84. The number of nitrogens with one attached hydrogen (secondary N) is 1. The lowest BCUT2D eigenvalue weighted by Gasteiger charge is -2.30. The van der Waals surface area contributed by atoms with Gasteiger partial charge in [0.15, 0.2) is 0 Å². The highest BCUT2D eigenvalue weighted by molar-refractivity contribution is 5.82. The van der Waals surface area contributed by atoms with Crippen molar-refractivity contribution in [3.63, 3.8) is 0 Å². The molecule has 1 aliphatic rings. The van der Waals surface area contributed by atoms with Gasteiger partial charge in [-0.05, 0) is 32.1 Å². The van der Waals surface area contributed by atoms with E-state index < -0.39 is 0 Å². The summed E-state index contributed by atoms with van der Waals surface area (Å²) in [5.74, 6) is 0.0162. The molecule has 0 heterocycles. The van der Waals surface area contributed by atoms with Crippen LogP contribution in [0.4, 0.5) is 0 Å². The molecule has 1 rings (SSSR count). The molecule has 0 unspecified atom stereocenters. The number of amides is 1. The van der Waals surface area contributed by atoms with E-state index in [2.05, 4.69) is 5.32 Å². The smallest absolute Gasteiger partial charge is 0.308 e. The Bertz CT molecular complexity index is 304. The molecule has 0 bridgehead atoms. The molecule has 0 aliphatic heterocycles. The minimum absolute atomic E-state index is 0.0161. The molecule has 18 heavy (non-hydrogen) atoms. The number of hydrogen-bond acceptors (Lipinski definition) is 3. The molecule has 0 saturated heterocycles. The Hall–Kier alpha value is -1.06. The number of ether oxygens (including phenoxy) is 1. The van der Waals surface area contributed by atoms with Crippen LogP contribution in [0, 0.1) is 11.3 Å². The molecular weight excluding hydrogens is 230 g/mol. The predicted molar refractivity (Wildman–Crippen MR) is 70.0 cm³/mol. The van der Waals surface area contributed by atoms with Crippen molar-refractivity contribution in [2.45, 2.75) is 58.9 Å². The van der Waals surface area contributed by atoms with Crippen molar-refractivity contribution in [3.05, 3.63) is 0 Å². The zero-order chi connectivity index (χ0) is 13.8. The highest BCUT2D eigenvalue weighted by Crippen LogP contribution is 2.27. The van der Waals surface area contributed by atoms with Crippen LogP contribution in [0.15, 0.2) is 0 Å². The van der Waals surface area contributed by atoms with Gasteiger partial charge in [-0.2, -0.15) is 0 Å². The van der Waals surface area contributed by atoms with E-state index in [1.807, 2.05) is 20.8 Å². The van der Waals surface area contributed by atoms with Crippen molar-refractivity contribution in [3.8, 4) is 0 Å². The second kappa shape index (κ2) is 6.21. The van der Waals surface area contributed by atoms with Crippen LogP contribution in [0.1, 0.15) is 52.9 Å². The minimum Gasteiger partial charge on any atom is -0.469 e. The summed E-state index contributed by atoms with van der Waals surface area (Å²) in [6, 6.07) is 0.212. The Balaban J connectivity index is 2.40. The first-order valence-electron chi connectivity index (χ1n) is 6.79. The second-order valence-electron chi connectivity index (χ2n) is 5.78. The maximum absolute atomic E-state index is 12.0. The zero-order valence-corrected chi connectivity index (χ0v) is 11.9. The molecule has 1 fully saturated rings. The third-order valence-electron chi connectivity index (χ3n) is 4.10. The van der Waals surface area contributed by atoms with E-state index in [1.54, 1.807) is 0 Å². The van der Waals surface area contributed by atoms with Crippen molar-refractivity contribution in [1.29, 1.82) is 0 Å². The monoisotopic (exact) mass is 255 g/mol. The van der Waals surface area contributed by atoms with Gasteiger partial charge < -0.3 is 10.1 Å². The fourth-order valence-electron chi connectivity index (χ4n) is 2.18. The Labute approximate surface area is 109 Å². The summed E-state index contributed by atoms with van der Waals surface area (Å²) < 4.78 is 4.75. The quantitative estimate of drug-likeness (QED) is 0.784. The van der Waals surface area contributed by atoms with Gasteiger partial charge in [-0.15, -0.1) is 0 Å². The summed E-state index contributed by atoms with van der Waals surface area (Å²) in [7, 11) is 1.43. The van der Waals surface area contributed by atoms with Crippen LogP contribution in [0.2, 0.25) is 0 Å². The lowest BCUT2D eigenvalue weighted by molar-refractivity contribution is -0.146. The Kier molecular flexibility index (Phi) is 5.17. The molecule has 0 atom stereocenters. The average molecular weight is 255 g/mol. The van der Waals surface area contributed by atoms with Crippen molar-refractivity contribution in [2.24, 2.45) is 11.3 Å². The maximum Gasteiger partial charge on any atom is 0.308 e. The van der Waals surface area contributed by atoms with Gasteiger partial charge in [0.25, 0.3) is 0 Å². The highest BCUT2D eigenvalue weighted by Gasteiger charge is 2.31. The molecular formula is C14H25NO3. The predicted octanol–water partition coefficient (Wildman–Crippen LogP) is 2.27. The molecule has 4 nitrogen and oxygen atoms in total. The summed E-state index contributed by atoms with van der Waals surface area (Å²) in [5, 5.41) is 3.10. The van der Waals surface area contributed by atoms with Crippen molar-refractivity contribution >= 4 is 11.9 Å². The first-order valence-corrected chi connectivity index (χ1v) is 6.79. The SMILES string of the molecule is CCC(C)(C)C(=O)NC1CCC(C(=O)OC)CC1. The summed E-state index contributed by atoms with van der Waals surface area (Å²) in [5.41, 5.74) is -0.306. The number of hydrogen-bond donors (Lipinski definition) is 1. The third kappa shape index (κ3) is 3.72. The number of methoxy groups -OCH3 is 1. The summed E-state index contributed by atoms with van der Waals surface area (Å²) in [4.78, 5) is 23.4. The van der Waals surface area contributed by atoms with Gasteiger partial charge >= 0.3 is 5.97 Å². The normalized spacial score (nSPS) is 24.4. The molecule has 0 aromatic rings.